The largest absolute Gasteiger partial charge is 0.507 e. The Morgan fingerprint density at radius 1 is 1.57 bits per heavy atom. The van der Waals surface area contributed by atoms with E-state index in [1.807, 2.05) is 6.92 Å². The highest BCUT2D eigenvalue weighted by Gasteiger charge is 1.96. The number of hydrogen-bond donors (Lipinski definition) is 2. The van der Waals surface area contributed by atoms with Gasteiger partial charge < -0.3 is 10.8 Å². The van der Waals surface area contributed by atoms with Crippen LogP contribution in [0.2, 0.25) is 0 Å². The van der Waals surface area contributed by atoms with Crippen LogP contribution in [0.25, 0.3) is 0 Å². The number of phenols is 1. The Morgan fingerprint density at radius 2 is 2.29 bits per heavy atom. The highest BCUT2D eigenvalue weighted by molar-refractivity contribution is 5.76. The van der Waals surface area contributed by atoms with Gasteiger partial charge in [-0.2, -0.15) is 0 Å². The minimum Gasteiger partial charge on any atom is -0.507 e. The smallest absolute Gasteiger partial charge is 0.229 e. The molecule has 0 aliphatic rings. The van der Waals surface area contributed by atoms with E-state index in [1.54, 1.807) is 18.2 Å². The lowest BCUT2D eigenvalue weighted by molar-refractivity contribution is -0.117. The van der Waals surface area contributed by atoms with Crippen LogP contribution in [-0.4, -0.2) is 11.0 Å². The Balaban J connectivity index is 2.88. The quantitative estimate of drug-likeness (QED) is 0.645. The number of carbonyl (C=O) groups excluding carboxylic acids is 1. The van der Waals surface area contributed by atoms with Crippen LogP contribution in [-0.2, 0) is 4.79 Å². The SMILES string of the molecule is Cc1ccc(O)c(C#CCC(N)=O)c1. The van der Waals surface area contributed by atoms with E-state index in [4.69, 9.17) is 5.73 Å². The van der Waals surface area contributed by atoms with E-state index < -0.39 is 5.91 Å². The minimum atomic E-state index is -0.468. The van der Waals surface area contributed by atoms with Crippen LogP contribution < -0.4 is 5.73 Å². The number of amides is 1. The van der Waals surface area contributed by atoms with E-state index >= 15 is 0 Å². The summed E-state index contributed by atoms with van der Waals surface area (Å²) >= 11 is 0. The van der Waals surface area contributed by atoms with Crippen LogP contribution in [0.15, 0.2) is 18.2 Å². The molecule has 0 radical (unpaired) electrons. The van der Waals surface area contributed by atoms with Crippen molar-refractivity contribution in [2.75, 3.05) is 0 Å². The molecule has 1 rings (SSSR count). The van der Waals surface area contributed by atoms with Gasteiger partial charge in [-0.25, -0.2) is 0 Å². The summed E-state index contributed by atoms with van der Waals surface area (Å²) in [7, 11) is 0. The van der Waals surface area contributed by atoms with Crippen molar-refractivity contribution in [3.05, 3.63) is 29.3 Å². The highest BCUT2D eigenvalue weighted by atomic mass is 16.3. The van der Waals surface area contributed by atoms with Crippen LogP contribution in [0.5, 0.6) is 5.75 Å². The van der Waals surface area contributed by atoms with Gasteiger partial charge in [0.25, 0.3) is 0 Å². The standard InChI is InChI=1S/C11H11NO2/c1-8-5-6-10(13)9(7-8)3-2-4-11(12)14/h5-7,13H,4H2,1H3,(H2,12,14). The molecule has 0 unspecified atom stereocenters. The van der Waals surface area contributed by atoms with Crippen LogP contribution in [0, 0.1) is 18.8 Å². The van der Waals surface area contributed by atoms with Crippen LogP contribution in [0.4, 0.5) is 0 Å². The van der Waals surface area contributed by atoms with Gasteiger partial charge >= 0.3 is 0 Å². The summed E-state index contributed by atoms with van der Waals surface area (Å²) in [6.45, 7) is 1.90. The fraction of sp³-hybridized carbons (Fsp3) is 0.182. The first-order chi connectivity index (χ1) is 6.59. The summed E-state index contributed by atoms with van der Waals surface area (Å²) in [6.07, 6.45) is 0.00732. The maximum Gasteiger partial charge on any atom is 0.229 e. The zero-order chi connectivity index (χ0) is 10.6. The molecule has 14 heavy (non-hydrogen) atoms. The van der Waals surface area contributed by atoms with Crippen molar-refractivity contribution in [1.29, 1.82) is 0 Å². The Hall–Kier alpha value is -1.95. The molecule has 0 bridgehead atoms. The van der Waals surface area contributed by atoms with Gasteiger partial charge in [-0.1, -0.05) is 17.9 Å². The maximum absolute atomic E-state index is 10.4. The Morgan fingerprint density at radius 3 is 2.93 bits per heavy atom. The number of carbonyl (C=O) groups is 1. The first-order valence-corrected chi connectivity index (χ1v) is 4.16. The van der Waals surface area contributed by atoms with Gasteiger partial charge in [0.2, 0.25) is 5.91 Å². The molecule has 1 aromatic rings. The molecule has 72 valence electrons. The molecular weight excluding hydrogens is 178 g/mol. The third kappa shape index (κ3) is 2.83. The minimum absolute atomic E-state index is 0.00732. The molecule has 0 aromatic heterocycles. The molecule has 3 N–H and O–H groups in total. The summed E-state index contributed by atoms with van der Waals surface area (Å²) in [5.74, 6) is 4.92. The Labute approximate surface area is 82.6 Å². The van der Waals surface area contributed by atoms with Crippen molar-refractivity contribution < 1.29 is 9.90 Å². The predicted octanol–water partition coefficient (Wildman–Crippen LogP) is 0.928. The number of hydrogen-bond acceptors (Lipinski definition) is 2. The fourth-order valence-electron chi connectivity index (χ4n) is 0.977. The molecular formula is C11H11NO2. The lowest BCUT2D eigenvalue weighted by Crippen LogP contribution is -2.08. The Kier molecular flexibility index (Phi) is 3.14. The third-order valence-electron chi connectivity index (χ3n) is 1.64. The number of aryl methyl sites for hydroxylation is 1. The molecule has 0 atom stereocenters. The summed E-state index contributed by atoms with van der Waals surface area (Å²) < 4.78 is 0. The van der Waals surface area contributed by atoms with Crippen molar-refractivity contribution in [2.24, 2.45) is 5.73 Å². The second kappa shape index (κ2) is 4.33. The highest BCUT2D eigenvalue weighted by Crippen LogP contribution is 2.16. The summed E-state index contributed by atoms with van der Waals surface area (Å²) in [5, 5.41) is 9.38. The first-order valence-electron chi connectivity index (χ1n) is 4.16. The average molecular weight is 189 g/mol. The van der Waals surface area contributed by atoms with Gasteiger partial charge in [-0.15, -0.1) is 0 Å². The first kappa shape index (κ1) is 10.1. The summed E-state index contributed by atoms with van der Waals surface area (Å²) in [4.78, 5) is 10.4. The summed E-state index contributed by atoms with van der Waals surface area (Å²) in [6, 6.07) is 5.11. The molecule has 3 nitrogen and oxygen atoms in total. The second-order valence-electron chi connectivity index (χ2n) is 2.97. The molecule has 0 saturated carbocycles. The number of phenolic OH excluding ortho intramolecular Hbond substituents is 1. The van der Waals surface area contributed by atoms with Crippen molar-refractivity contribution in [1.82, 2.24) is 0 Å². The van der Waals surface area contributed by atoms with Crippen LogP contribution >= 0.6 is 0 Å². The zero-order valence-corrected chi connectivity index (χ0v) is 7.87. The Bertz CT molecular complexity index is 413. The lowest BCUT2D eigenvalue weighted by Gasteiger charge is -1.97. The molecule has 0 fully saturated rings. The molecule has 0 spiro atoms. The van der Waals surface area contributed by atoms with Gasteiger partial charge in [-0.05, 0) is 24.6 Å². The van der Waals surface area contributed by atoms with Crippen molar-refractivity contribution in [3.63, 3.8) is 0 Å². The predicted molar refractivity (Wildman–Crippen MR) is 53.5 cm³/mol. The fourth-order valence-corrected chi connectivity index (χ4v) is 0.977. The number of aromatic hydroxyl groups is 1. The number of benzene rings is 1. The third-order valence-corrected chi connectivity index (χ3v) is 1.64. The van der Waals surface area contributed by atoms with E-state index in [0.717, 1.165) is 5.56 Å². The molecule has 0 heterocycles. The van der Waals surface area contributed by atoms with Gasteiger partial charge in [-0.3, -0.25) is 4.79 Å². The molecule has 1 amide bonds. The van der Waals surface area contributed by atoms with E-state index in [1.165, 1.54) is 0 Å². The van der Waals surface area contributed by atoms with E-state index in [-0.39, 0.29) is 12.2 Å². The topological polar surface area (TPSA) is 63.3 Å². The van der Waals surface area contributed by atoms with Gasteiger partial charge in [0.1, 0.15) is 5.75 Å². The number of nitrogens with two attached hydrogens (primary N) is 1. The normalized spacial score (nSPS) is 8.93. The molecule has 0 saturated heterocycles. The maximum atomic E-state index is 10.4. The molecule has 3 heteroatoms. The van der Waals surface area contributed by atoms with Crippen molar-refractivity contribution in [2.45, 2.75) is 13.3 Å². The second-order valence-corrected chi connectivity index (χ2v) is 2.97. The van der Waals surface area contributed by atoms with Crippen molar-refractivity contribution in [3.8, 4) is 17.6 Å². The van der Waals surface area contributed by atoms with E-state index in [2.05, 4.69) is 11.8 Å². The molecule has 0 aliphatic carbocycles. The monoisotopic (exact) mass is 189 g/mol. The van der Waals surface area contributed by atoms with Crippen LogP contribution in [0.1, 0.15) is 17.5 Å². The molecule has 1 aromatic carbocycles. The average Bonchev–Trinajstić information content (AvgIpc) is 2.10. The lowest BCUT2D eigenvalue weighted by atomic mass is 10.1. The number of primary amides is 1. The van der Waals surface area contributed by atoms with E-state index in [9.17, 15) is 9.90 Å². The molecule has 0 aliphatic heterocycles. The van der Waals surface area contributed by atoms with E-state index in [0.29, 0.717) is 5.56 Å². The number of rotatable bonds is 1. The van der Waals surface area contributed by atoms with Gasteiger partial charge in [0, 0.05) is 0 Å². The van der Waals surface area contributed by atoms with Crippen LogP contribution in [0.3, 0.4) is 0 Å². The van der Waals surface area contributed by atoms with Gasteiger partial charge in [0.05, 0.1) is 12.0 Å². The van der Waals surface area contributed by atoms with Gasteiger partial charge in [0.15, 0.2) is 0 Å². The zero-order valence-electron chi connectivity index (χ0n) is 7.87. The summed E-state index contributed by atoms with van der Waals surface area (Å²) in [5.41, 5.74) is 6.45. The van der Waals surface area contributed by atoms with Crippen molar-refractivity contribution >= 4 is 5.91 Å².